The minimum Gasteiger partial charge on any atom is -0.505 e. The molecule has 0 radical (unpaired) electrons. The third-order valence-corrected chi connectivity index (χ3v) is 3.27. The number of carboxylic acids is 1. The molecule has 108 valence electrons. The summed E-state index contributed by atoms with van der Waals surface area (Å²) in [7, 11) is 1.59. The average molecular weight is 280 g/mol. The van der Waals surface area contributed by atoms with Crippen molar-refractivity contribution in [3.8, 4) is 5.75 Å². The molecule has 1 aromatic carbocycles. The van der Waals surface area contributed by atoms with Crippen LogP contribution in [0.2, 0.25) is 0 Å². The molecule has 0 aromatic heterocycles. The van der Waals surface area contributed by atoms with E-state index in [1.165, 1.54) is 18.2 Å². The summed E-state index contributed by atoms with van der Waals surface area (Å²) in [5, 5.41) is 21.2. The van der Waals surface area contributed by atoms with Gasteiger partial charge in [-0.1, -0.05) is 6.07 Å². The second-order valence-electron chi connectivity index (χ2n) is 4.53. The first-order chi connectivity index (χ1) is 9.52. The van der Waals surface area contributed by atoms with Crippen LogP contribution in [0.4, 0.5) is 10.5 Å². The molecule has 7 nitrogen and oxygen atoms in total. The van der Waals surface area contributed by atoms with Crippen molar-refractivity contribution in [1.82, 2.24) is 4.90 Å². The summed E-state index contributed by atoms with van der Waals surface area (Å²) in [6.07, 6.45) is 0.769. The fourth-order valence-electron chi connectivity index (χ4n) is 2.12. The summed E-state index contributed by atoms with van der Waals surface area (Å²) in [5.41, 5.74) is -0.172. The zero-order chi connectivity index (χ0) is 14.7. The maximum atomic E-state index is 12.0. The summed E-state index contributed by atoms with van der Waals surface area (Å²) in [6, 6.07) is 3.79. The fraction of sp³-hybridized carbons (Fsp3) is 0.385. The Morgan fingerprint density at radius 1 is 1.45 bits per heavy atom. The van der Waals surface area contributed by atoms with Crippen LogP contribution in [0.3, 0.4) is 0 Å². The minimum atomic E-state index is -1.25. The Morgan fingerprint density at radius 3 is 2.80 bits per heavy atom. The van der Waals surface area contributed by atoms with Crippen molar-refractivity contribution in [3.05, 3.63) is 23.8 Å². The number of phenols is 1. The van der Waals surface area contributed by atoms with E-state index in [2.05, 4.69) is 5.32 Å². The number of hydrogen-bond acceptors (Lipinski definition) is 4. The number of benzene rings is 1. The van der Waals surface area contributed by atoms with Gasteiger partial charge in [0.25, 0.3) is 0 Å². The predicted molar refractivity (Wildman–Crippen MR) is 71.1 cm³/mol. The number of likely N-dealkylation sites (tertiary alicyclic amines) is 1. The number of amides is 2. The molecular formula is C13H16N2O5. The van der Waals surface area contributed by atoms with Crippen LogP contribution >= 0.6 is 0 Å². The van der Waals surface area contributed by atoms with Gasteiger partial charge in [-0.25, -0.2) is 9.59 Å². The quantitative estimate of drug-likeness (QED) is 0.726. The zero-order valence-electron chi connectivity index (χ0n) is 11.0. The first-order valence-electron chi connectivity index (χ1n) is 6.17. The molecule has 1 saturated heterocycles. The summed E-state index contributed by atoms with van der Waals surface area (Å²) in [6.45, 7) is 1.03. The maximum absolute atomic E-state index is 12.0. The van der Waals surface area contributed by atoms with E-state index in [0.29, 0.717) is 13.1 Å². The van der Waals surface area contributed by atoms with Crippen LogP contribution in [-0.4, -0.2) is 53.4 Å². The Morgan fingerprint density at radius 2 is 2.20 bits per heavy atom. The Labute approximate surface area is 115 Å². The third kappa shape index (κ3) is 2.83. The summed E-state index contributed by atoms with van der Waals surface area (Å²) < 4.78 is 5.17. The van der Waals surface area contributed by atoms with Gasteiger partial charge in [0.1, 0.15) is 5.56 Å². The molecule has 7 heteroatoms. The van der Waals surface area contributed by atoms with Gasteiger partial charge >= 0.3 is 12.0 Å². The van der Waals surface area contributed by atoms with Gasteiger partial charge in [0.15, 0.2) is 5.75 Å². The van der Waals surface area contributed by atoms with Gasteiger partial charge < -0.3 is 25.2 Å². The van der Waals surface area contributed by atoms with Crippen LogP contribution in [-0.2, 0) is 4.74 Å². The zero-order valence-corrected chi connectivity index (χ0v) is 11.0. The number of ether oxygens (including phenoxy) is 1. The van der Waals surface area contributed by atoms with Crippen LogP contribution in [0.15, 0.2) is 18.2 Å². The van der Waals surface area contributed by atoms with Crippen LogP contribution in [0.5, 0.6) is 5.75 Å². The Balaban J connectivity index is 2.09. The SMILES string of the molecule is COC1CCN(C(=O)Nc2cccc(C(=O)O)c2O)C1. The van der Waals surface area contributed by atoms with Gasteiger partial charge in [-0.3, -0.25) is 0 Å². The lowest BCUT2D eigenvalue weighted by Gasteiger charge is -2.17. The normalized spacial score (nSPS) is 18.1. The molecule has 1 unspecified atom stereocenters. The predicted octanol–water partition coefficient (Wildman–Crippen LogP) is 1.34. The Hall–Kier alpha value is -2.28. The van der Waals surface area contributed by atoms with Crippen molar-refractivity contribution in [1.29, 1.82) is 0 Å². The number of methoxy groups -OCH3 is 1. The lowest BCUT2D eigenvalue weighted by molar-refractivity contribution is 0.0693. The molecule has 0 aliphatic carbocycles. The highest BCUT2D eigenvalue weighted by molar-refractivity contribution is 5.97. The van der Waals surface area contributed by atoms with Crippen LogP contribution < -0.4 is 5.32 Å². The van der Waals surface area contributed by atoms with Crippen LogP contribution in [0.25, 0.3) is 0 Å². The van der Waals surface area contributed by atoms with E-state index in [1.54, 1.807) is 12.0 Å². The van der Waals surface area contributed by atoms with Gasteiger partial charge in [0.05, 0.1) is 11.8 Å². The monoisotopic (exact) mass is 280 g/mol. The maximum Gasteiger partial charge on any atom is 0.339 e. The van der Waals surface area contributed by atoms with Crippen molar-refractivity contribution < 1.29 is 24.5 Å². The molecule has 0 spiro atoms. The van der Waals surface area contributed by atoms with E-state index in [-0.39, 0.29) is 23.4 Å². The summed E-state index contributed by atoms with van der Waals surface area (Å²) in [4.78, 5) is 24.5. The number of aromatic carboxylic acids is 1. The Bertz CT molecular complexity index is 531. The highest BCUT2D eigenvalue weighted by atomic mass is 16.5. The van der Waals surface area contributed by atoms with E-state index < -0.39 is 11.7 Å². The van der Waals surface area contributed by atoms with Crippen molar-refractivity contribution in [3.63, 3.8) is 0 Å². The van der Waals surface area contributed by atoms with Crippen molar-refractivity contribution >= 4 is 17.7 Å². The number of para-hydroxylation sites is 1. The molecule has 2 rings (SSSR count). The largest absolute Gasteiger partial charge is 0.505 e. The van der Waals surface area contributed by atoms with E-state index >= 15 is 0 Å². The average Bonchev–Trinajstić information content (AvgIpc) is 2.89. The van der Waals surface area contributed by atoms with Gasteiger partial charge in [0.2, 0.25) is 0 Å². The molecule has 1 fully saturated rings. The number of urea groups is 1. The topological polar surface area (TPSA) is 99.1 Å². The van der Waals surface area contributed by atoms with Gasteiger partial charge in [-0.2, -0.15) is 0 Å². The molecule has 3 N–H and O–H groups in total. The van der Waals surface area contributed by atoms with Gasteiger partial charge in [-0.05, 0) is 18.6 Å². The van der Waals surface area contributed by atoms with E-state index in [4.69, 9.17) is 9.84 Å². The summed E-state index contributed by atoms with van der Waals surface area (Å²) >= 11 is 0. The highest BCUT2D eigenvalue weighted by Crippen LogP contribution is 2.28. The number of hydrogen-bond donors (Lipinski definition) is 3. The second kappa shape index (κ2) is 5.79. The number of nitrogens with one attached hydrogen (secondary N) is 1. The molecule has 0 saturated carbocycles. The van der Waals surface area contributed by atoms with E-state index in [1.807, 2.05) is 0 Å². The van der Waals surface area contributed by atoms with Gasteiger partial charge in [-0.15, -0.1) is 0 Å². The smallest absolute Gasteiger partial charge is 0.339 e. The molecule has 20 heavy (non-hydrogen) atoms. The molecule has 1 heterocycles. The highest BCUT2D eigenvalue weighted by Gasteiger charge is 2.26. The first kappa shape index (κ1) is 14.1. The fourth-order valence-corrected chi connectivity index (χ4v) is 2.12. The molecule has 2 amide bonds. The number of nitrogens with zero attached hydrogens (tertiary/aromatic N) is 1. The number of anilines is 1. The molecule has 1 aliphatic heterocycles. The molecule has 0 bridgehead atoms. The van der Waals surface area contributed by atoms with Crippen LogP contribution in [0.1, 0.15) is 16.8 Å². The van der Waals surface area contributed by atoms with E-state index in [0.717, 1.165) is 6.42 Å². The molecular weight excluding hydrogens is 264 g/mol. The van der Waals surface area contributed by atoms with Crippen molar-refractivity contribution in [2.24, 2.45) is 0 Å². The van der Waals surface area contributed by atoms with Crippen molar-refractivity contribution in [2.75, 3.05) is 25.5 Å². The van der Waals surface area contributed by atoms with Gasteiger partial charge in [0, 0.05) is 20.2 Å². The number of carboxylic acid groups (broad SMARTS) is 1. The number of carbonyl (C=O) groups excluding carboxylic acids is 1. The second-order valence-corrected chi connectivity index (χ2v) is 4.53. The number of rotatable bonds is 3. The minimum absolute atomic E-state index is 0.0136. The number of carbonyl (C=O) groups is 2. The van der Waals surface area contributed by atoms with Crippen molar-refractivity contribution in [2.45, 2.75) is 12.5 Å². The standard InChI is InChI=1S/C13H16N2O5/c1-20-8-5-6-15(7-8)13(19)14-10-4-2-3-9(11(10)16)12(17)18/h2-4,8,16H,5-7H2,1H3,(H,14,19)(H,17,18). The lowest BCUT2D eigenvalue weighted by atomic mass is 10.1. The molecule has 1 aromatic rings. The summed E-state index contributed by atoms with van der Waals surface area (Å²) in [5.74, 6) is -1.70. The van der Waals surface area contributed by atoms with E-state index in [9.17, 15) is 14.7 Å². The molecule has 1 aliphatic rings. The van der Waals surface area contributed by atoms with Crippen LogP contribution in [0, 0.1) is 0 Å². The lowest BCUT2D eigenvalue weighted by Crippen LogP contribution is -2.33. The third-order valence-electron chi connectivity index (χ3n) is 3.27. The molecule has 1 atom stereocenters. The Kier molecular flexibility index (Phi) is 4.09. The first-order valence-corrected chi connectivity index (χ1v) is 6.17. The number of aromatic hydroxyl groups is 1.